The molecular weight excluding hydrogens is 496 g/mol. The molecule has 2 bridgehead atoms. The maximum absolute atomic E-state index is 13.5. The average Bonchev–Trinajstić information content (AvgIpc) is 3.34. The highest BCUT2D eigenvalue weighted by Gasteiger charge is 2.72. The SMILES string of the molecule is CC1C(C)C2OC1C(O)C#CCC1CC3C(=CC(=O)C4CC(O)CCC43C)C3(O)CCC(C(C)(O)C2O)C13C. The minimum absolute atomic E-state index is 0.0162. The second-order valence-corrected chi connectivity index (χ2v) is 14.6. The van der Waals surface area contributed by atoms with E-state index in [4.69, 9.17) is 4.74 Å². The smallest absolute Gasteiger partial charge is 0.159 e. The van der Waals surface area contributed by atoms with Crippen LogP contribution in [0.1, 0.15) is 79.6 Å². The molecule has 0 spiro atoms. The molecule has 0 amide bonds. The minimum atomic E-state index is -1.57. The Kier molecular flexibility index (Phi) is 6.34. The minimum Gasteiger partial charge on any atom is -0.393 e. The molecule has 0 radical (unpaired) electrons. The van der Waals surface area contributed by atoms with E-state index in [0.29, 0.717) is 44.9 Å². The lowest BCUT2D eigenvalue weighted by molar-refractivity contribution is -0.211. The van der Waals surface area contributed by atoms with Gasteiger partial charge >= 0.3 is 0 Å². The number of aliphatic hydroxyl groups is 5. The fourth-order valence-electron chi connectivity index (χ4n) is 10.4. The van der Waals surface area contributed by atoms with Crippen molar-refractivity contribution >= 4 is 5.78 Å². The Labute approximate surface area is 232 Å². The molecular formula is C32H46O7. The summed E-state index contributed by atoms with van der Waals surface area (Å²) in [4.78, 5) is 13.5. The summed E-state index contributed by atoms with van der Waals surface area (Å²) >= 11 is 0. The first kappa shape index (κ1) is 27.9. The zero-order valence-electron chi connectivity index (χ0n) is 23.9. The number of ether oxygens (including phenoxy) is 1. The predicted molar refractivity (Wildman–Crippen MR) is 144 cm³/mol. The number of allylic oxidation sites excluding steroid dienone is 1. The summed E-state index contributed by atoms with van der Waals surface area (Å²) in [7, 11) is 0. The van der Waals surface area contributed by atoms with Gasteiger partial charge in [0.25, 0.3) is 0 Å². The molecule has 15 atom stereocenters. The Morgan fingerprint density at radius 3 is 2.36 bits per heavy atom. The number of aliphatic hydroxyl groups excluding tert-OH is 3. The van der Waals surface area contributed by atoms with E-state index in [1.165, 1.54) is 0 Å². The van der Waals surface area contributed by atoms with Crippen LogP contribution in [0.25, 0.3) is 0 Å². The molecule has 216 valence electrons. The van der Waals surface area contributed by atoms with E-state index in [-0.39, 0.29) is 40.8 Å². The van der Waals surface area contributed by atoms with Gasteiger partial charge in [-0.3, -0.25) is 4.79 Å². The molecule has 4 fully saturated rings. The number of carbonyl (C=O) groups excluding carboxylic acids is 1. The Morgan fingerprint density at radius 1 is 0.949 bits per heavy atom. The van der Waals surface area contributed by atoms with E-state index in [9.17, 15) is 30.3 Å². The van der Waals surface area contributed by atoms with E-state index in [0.717, 1.165) is 5.57 Å². The van der Waals surface area contributed by atoms with Gasteiger partial charge < -0.3 is 30.3 Å². The van der Waals surface area contributed by atoms with Crippen molar-refractivity contribution in [2.75, 3.05) is 0 Å². The van der Waals surface area contributed by atoms with Crippen LogP contribution < -0.4 is 0 Å². The van der Waals surface area contributed by atoms with Crippen molar-refractivity contribution in [3.05, 3.63) is 11.6 Å². The number of hydrogen-bond donors (Lipinski definition) is 5. The standard InChI is InChI=1S/C32H46O7/c1-16-17(2)27-28(36)31(5,37)25-10-12-32(38)21-15-24(35)22-14-19(33)9-11-29(22,3)20(21)13-18(30(25,32)4)7-6-8-23(34)26(16)39-27/h15-20,22-23,25-28,33-34,36-38H,7,9-14H2,1-5H3. The van der Waals surface area contributed by atoms with Crippen molar-refractivity contribution in [1.29, 1.82) is 0 Å². The Hall–Kier alpha value is -1.27. The van der Waals surface area contributed by atoms with E-state index in [1.54, 1.807) is 13.0 Å². The quantitative estimate of drug-likeness (QED) is 0.298. The van der Waals surface area contributed by atoms with E-state index >= 15 is 0 Å². The van der Waals surface area contributed by atoms with Crippen LogP contribution >= 0.6 is 0 Å². The molecule has 7 heteroatoms. The van der Waals surface area contributed by atoms with Crippen LogP contribution in [0.15, 0.2) is 11.6 Å². The molecule has 6 rings (SSSR count). The third kappa shape index (κ3) is 3.55. The fraction of sp³-hybridized carbons (Fsp3) is 0.844. The van der Waals surface area contributed by atoms with Gasteiger partial charge in [-0.1, -0.05) is 33.6 Å². The van der Waals surface area contributed by atoms with Gasteiger partial charge in [0.15, 0.2) is 5.78 Å². The molecule has 39 heavy (non-hydrogen) atoms. The van der Waals surface area contributed by atoms with Crippen molar-refractivity contribution in [3.63, 3.8) is 0 Å². The lowest BCUT2D eigenvalue weighted by Crippen LogP contribution is -2.66. The van der Waals surface area contributed by atoms with Crippen molar-refractivity contribution < 1.29 is 35.1 Å². The van der Waals surface area contributed by atoms with Gasteiger partial charge in [-0.05, 0) is 92.1 Å². The molecule has 15 unspecified atom stereocenters. The lowest BCUT2D eigenvalue weighted by Gasteiger charge is -2.63. The highest BCUT2D eigenvalue weighted by molar-refractivity contribution is 5.95. The fourth-order valence-corrected chi connectivity index (χ4v) is 10.4. The van der Waals surface area contributed by atoms with Crippen LogP contribution in [-0.4, -0.2) is 73.0 Å². The molecule has 2 aliphatic heterocycles. The van der Waals surface area contributed by atoms with Gasteiger partial charge in [0, 0.05) is 17.8 Å². The summed E-state index contributed by atoms with van der Waals surface area (Å²) in [6, 6.07) is 0. The number of rotatable bonds is 0. The first-order chi connectivity index (χ1) is 18.2. The Morgan fingerprint density at radius 2 is 1.64 bits per heavy atom. The summed E-state index contributed by atoms with van der Waals surface area (Å²) in [5, 5.41) is 58.0. The Bertz CT molecular complexity index is 1140. The van der Waals surface area contributed by atoms with E-state index in [1.807, 2.05) is 20.8 Å². The molecule has 1 saturated heterocycles. The van der Waals surface area contributed by atoms with Crippen molar-refractivity contribution in [2.45, 2.75) is 121 Å². The molecule has 5 N–H and O–H groups in total. The third-order valence-electron chi connectivity index (χ3n) is 13.1. The summed E-state index contributed by atoms with van der Waals surface area (Å²) in [6.45, 7) is 9.81. The number of ketones is 1. The van der Waals surface area contributed by atoms with Gasteiger partial charge in [-0.2, -0.15) is 0 Å². The van der Waals surface area contributed by atoms with Gasteiger partial charge in [0.2, 0.25) is 0 Å². The highest BCUT2D eigenvalue weighted by Crippen LogP contribution is 2.71. The largest absolute Gasteiger partial charge is 0.393 e. The Balaban J connectivity index is 1.50. The van der Waals surface area contributed by atoms with Crippen LogP contribution in [0.2, 0.25) is 0 Å². The third-order valence-corrected chi connectivity index (χ3v) is 13.1. The normalized spacial score (nSPS) is 58.6. The second kappa shape index (κ2) is 8.86. The molecule has 0 aromatic carbocycles. The van der Waals surface area contributed by atoms with Crippen LogP contribution in [0.3, 0.4) is 0 Å². The van der Waals surface area contributed by atoms with Crippen LogP contribution in [0.5, 0.6) is 0 Å². The molecule has 6 aliphatic rings. The first-order valence-electron chi connectivity index (χ1n) is 15.1. The molecule has 2 heterocycles. The van der Waals surface area contributed by atoms with Crippen molar-refractivity contribution in [3.8, 4) is 11.8 Å². The predicted octanol–water partition coefficient (Wildman–Crippen LogP) is 2.37. The maximum atomic E-state index is 13.5. The monoisotopic (exact) mass is 542 g/mol. The number of carbonyl (C=O) groups is 1. The lowest BCUT2D eigenvalue weighted by atomic mass is 9.43. The van der Waals surface area contributed by atoms with E-state index < -0.39 is 53.1 Å². The van der Waals surface area contributed by atoms with E-state index in [2.05, 4.69) is 18.8 Å². The van der Waals surface area contributed by atoms with Gasteiger partial charge in [0.1, 0.15) is 12.2 Å². The molecule has 0 aromatic heterocycles. The van der Waals surface area contributed by atoms with Gasteiger partial charge in [-0.25, -0.2) is 0 Å². The summed E-state index contributed by atoms with van der Waals surface area (Å²) in [6.07, 6.45) is 1.56. The van der Waals surface area contributed by atoms with Crippen molar-refractivity contribution in [2.24, 2.45) is 46.3 Å². The van der Waals surface area contributed by atoms with Crippen molar-refractivity contribution in [1.82, 2.24) is 0 Å². The average molecular weight is 543 g/mol. The van der Waals surface area contributed by atoms with Gasteiger partial charge in [0.05, 0.1) is 29.5 Å². The molecule has 3 saturated carbocycles. The zero-order valence-corrected chi connectivity index (χ0v) is 23.9. The molecule has 7 nitrogen and oxygen atoms in total. The molecule has 4 aliphatic carbocycles. The summed E-state index contributed by atoms with van der Waals surface area (Å²) in [5.74, 6) is 5.21. The summed E-state index contributed by atoms with van der Waals surface area (Å²) < 4.78 is 6.20. The zero-order chi connectivity index (χ0) is 28.3. The van der Waals surface area contributed by atoms with Crippen LogP contribution in [0.4, 0.5) is 0 Å². The topological polar surface area (TPSA) is 127 Å². The molecule has 0 aromatic rings. The highest BCUT2D eigenvalue weighted by atomic mass is 16.5. The first-order valence-corrected chi connectivity index (χ1v) is 15.1. The van der Waals surface area contributed by atoms with Gasteiger partial charge in [-0.15, -0.1) is 5.92 Å². The maximum Gasteiger partial charge on any atom is 0.159 e. The number of hydrogen-bond acceptors (Lipinski definition) is 7. The van der Waals surface area contributed by atoms with Crippen LogP contribution in [-0.2, 0) is 9.53 Å². The second-order valence-electron chi connectivity index (χ2n) is 14.6. The van der Waals surface area contributed by atoms with Crippen LogP contribution in [0, 0.1) is 58.2 Å². The number of fused-ring (bicyclic) bond motifs is 6. The summed E-state index contributed by atoms with van der Waals surface area (Å²) in [5.41, 5.74) is -3.36.